The van der Waals surface area contributed by atoms with Crippen LogP contribution in [0.1, 0.15) is 53.2 Å². The summed E-state index contributed by atoms with van der Waals surface area (Å²) < 4.78 is 5.50. The number of fused-ring (bicyclic) bond motifs is 1. The van der Waals surface area contributed by atoms with Crippen molar-refractivity contribution in [3.05, 3.63) is 64.7 Å². The van der Waals surface area contributed by atoms with E-state index in [0.29, 0.717) is 24.8 Å². The molecule has 2 aromatic carbocycles. The summed E-state index contributed by atoms with van der Waals surface area (Å²) in [5, 5.41) is 3.02. The van der Waals surface area contributed by atoms with Gasteiger partial charge in [0.25, 0.3) is 5.91 Å². The highest BCUT2D eigenvalue weighted by molar-refractivity contribution is 5.94. The summed E-state index contributed by atoms with van der Waals surface area (Å²) >= 11 is 0. The minimum Gasteiger partial charge on any atom is -0.493 e. The van der Waals surface area contributed by atoms with Gasteiger partial charge in [-0.15, -0.1) is 0 Å². The zero-order chi connectivity index (χ0) is 18.6. The van der Waals surface area contributed by atoms with Crippen LogP contribution < -0.4 is 10.1 Å². The highest BCUT2D eigenvalue weighted by Crippen LogP contribution is 2.26. The number of nitrogens with one attached hydrogen (secondary N) is 1. The van der Waals surface area contributed by atoms with Crippen molar-refractivity contribution >= 4 is 5.91 Å². The van der Waals surface area contributed by atoms with Crippen molar-refractivity contribution < 1.29 is 9.53 Å². The second-order valence-electron chi connectivity index (χ2n) is 7.74. The molecule has 4 nitrogen and oxygen atoms in total. The van der Waals surface area contributed by atoms with Crippen LogP contribution in [0.5, 0.6) is 5.75 Å². The summed E-state index contributed by atoms with van der Waals surface area (Å²) in [7, 11) is 0. The van der Waals surface area contributed by atoms with Crippen molar-refractivity contribution in [1.29, 1.82) is 0 Å². The van der Waals surface area contributed by atoms with E-state index in [1.807, 2.05) is 18.2 Å². The molecule has 1 amide bonds. The van der Waals surface area contributed by atoms with Crippen LogP contribution in [-0.2, 0) is 19.5 Å². The molecule has 2 heterocycles. The number of piperidine rings is 1. The van der Waals surface area contributed by atoms with Crippen molar-refractivity contribution in [2.45, 2.75) is 51.7 Å². The van der Waals surface area contributed by atoms with E-state index in [2.05, 4.69) is 41.4 Å². The molecule has 0 radical (unpaired) electrons. The van der Waals surface area contributed by atoms with Gasteiger partial charge in [0.05, 0.1) is 6.61 Å². The zero-order valence-electron chi connectivity index (χ0n) is 16.0. The molecule has 2 aliphatic heterocycles. The summed E-state index contributed by atoms with van der Waals surface area (Å²) in [5.74, 6) is 0.876. The quantitative estimate of drug-likeness (QED) is 0.874. The predicted molar refractivity (Wildman–Crippen MR) is 107 cm³/mol. The lowest BCUT2D eigenvalue weighted by atomic mass is 10.0. The Morgan fingerprint density at radius 1 is 1.15 bits per heavy atom. The summed E-state index contributed by atoms with van der Waals surface area (Å²) in [6.45, 7) is 5.81. The minimum atomic E-state index is -0.0316. The number of hydrogen-bond donors (Lipinski definition) is 1. The van der Waals surface area contributed by atoms with Crippen LogP contribution in [0.2, 0.25) is 0 Å². The van der Waals surface area contributed by atoms with Gasteiger partial charge in [-0.2, -0.15) is 0 Å². The van der Waals surface area contributed by atoms with Crippen LogP contribution in [0.25, 0.3) is 0 Å². The average molecular weight is 364 g/mol. The molecule has 1 N–H and O–H groups in total. The summed E-state index contributed by atoms with van der Waals surface area (Å²) in [5.41, 5.74) is 4.30. The Labute approximate surface area is 161 Å². The summed E-state index contributed by atoms with van der Waals surface area (Å²) in [6.07, 6.45) is 4.85. The van der Waals surface area contributed by atoms with E-state index in [0.717, 1.165) is 29.8 Å². The van der Waals surface area contributed by atoms with Crippen LogP contribution in [0.15, 0.2) is 42.5 Å². The first-order valence-corrected chi connectivity index (χ1v) is 10.0. The van der Waals surface area contributed by atoms with Crippen LogP contribution in [-0.4, -0.2) is 30.0 Å². The van der Waals surface area contributed by atoms with Gasteiger partial charge in [0.2, 0.25) is 0 Å². The molecule has 0 aromatic heterocycles. The van der Waals surface area contributed by atoms with E-state index in [9.17, 15) is 4.79 Å². The lowest BCUT2D eigenvalue weighted by Gasteiger charge is -2.33. The maximum atomic E-state index is 12.4. The highest BCUT2D eigenvalue weighted by atomic mass is 16.5. The van der Waals surface area contributed by atoms with Crippen molar-refractivity contribution in [1.82, 2.24) is 10.2 Å². The first-order valence-electron chi connectivity index (χ1n) is 10.0. The van der Waals surface area contributed by atoms with Crippen LogP contribution in [0.4, 0.5) is 0 Å². The van der Waals surface area contributed by atoms with Crippen molar-refractivity contribution in [3.8, 4) is 5.75 Å². The van der Waals surface area contributed by atoms with Gasteiger partial charge in [-0.1, -0.05) is 30.7 Å². The third-order valence-electron chi connectivity index (χ3n) is 5.75. The van der Waals surface area contributed by atoms with Gasteiger partial charge < -0.3 is 10.1 Å². The standard InChI is InChI=1S/C23H28N2O2/c1-17-4-2-3-12-25(17)16-19-7-5-18(6-8-19)15-24-23(26)21-9-10-22-20(14-21)11-13-27-22/h5-10,14,17H,2-4,11-13,15-16H2,1H3,(H,24,26). The topological polar surface area (TPSA) is 41.6 Å². The van der Waals surface area contributed by atoms with Crippen molar-refractivity contribution in [2.24, 2.45) is 0 Å². The Kier molecular flexibility index (Phi) is 5.44. The summed E-state index contributed by atoms with van der Waals surface area (Å²) in [6, 6.07) is 15.0. The van der Waals surface area contributed by atoms with E-state index in [1.165, 1.54) is 31.4 Å². The molecule has 2 aromatic rings. The lowest BCUT2D eigenvalue weighted by molar-refractivity contribution is 0.0951. The molecule has 0 spiro atoms. The molecular weight excluding hydrogens is 336 g/mol. The predicted octanol–water partition coefficient (Wildman–Crippen LogP) is 3.93. The first-order chi connectivity index (χ1) is 13.2. The third kappa shape index (κ3) is 4.33. The fraction of sp³-hybridized carbons (Fsp3) is 0.435. The second-order valence-corrected chi connectivity index (χ2v) is 7.74. The molecule has 1 atom stereocenters. The number of hydrogen-bond acceptors (Lipinski definition) is 3. The SMILES string of the molecule is CC1CCCCN1Cc1ccc(CNC(=O)c2ccc3c(c2)CCO3)cc1. The number of amides is 1. The van der Waals surface area contributed by atoms with Gasteiger partial charge in [-0.3, -0.25) is 9.69 Å². The van der Waals surface area contributed by atoms with Crippen LogP contribution in [0.3, 0.4) is 0 Å². The fourth-order valence-electron chi connectivity index (χ4n) is 4.00. The Morgan fingerprint density at radius 3 is 2.78 bits per heavy atom. The zero-order valence-corrected chi connectivity index (χ0v) is 16.0. The van der Waals surface area contributed by atoms with Gasteiger partial charge >= 0.3 is 0 Å². The smallest absolute Gasteiger partial charge is 0.251 e. The molecular formula is C23H28N2O2. The molecule has 0 bridgehead atoms. The van der Waals surface area contributed by atoms with Crippen LogP contribution >= 0.6 is 0 Å². The van der Waals surface area contributed by atoms with E-state index < -0.39 is 0 Å². The van der Waals surface area contributed by atoms with E-state index in [1.54, 1.807) is 0 Å². The number of rotatable bonds is 5. The Balaban J connectivity index is 1.31. The summed E-state index contributed by atoms with van der Waals surface area (Å²) in [4.78, 5) is 15.0. The Morgan fingerprint density at radius 2 is 1.96 bits per heavy atom. The maximum Gasteiger partial charge on any atom is 0.251 e. The van der Waals surface area contributed by atoms with Crippen molar-refractivity contribution in [3.63, 3.8) is 0 Å². The normalized spacial score (nSPS) is 19.4. The average Bonchev–Trinajstić information content (AvgIpc) is 3.17. The van der Waals surface area contributed by atoms with Gasteiger partial charge in [0.1, 0.15) is 5.75 Å². The molecule has 0 aliphatic carbocycles. The van der Waals surface area contributed by atoms with Gasteiger partial charge in [-0.25, -0.2) is 0 Å². The van der Waals surface area contributed by atoms with Gasteiger partial charge in [-0.05, 0) is 61.2 Å². The third-order valence-corrected chi connectivity index (χ3v) is 5.75. The van der Waals surface area contributed by atoms with Gasteiger partial charge in [0.15, 0.2) is 0 Å². The van der Waals surface area contributed by atoms with E-state index >= 15 is 0 Å². The first kappa shape index (κ1) is 18.1. The minimum absolute atomic E-state index is 0.0316. The Bertz CT molecular complexity index is 801. The molecule has 4 rings (SSSR count). The van der Waals surface area contributed by atoms with Crippen LogP contribution in [0, 0.1) is 0 Å². The number of nitrogens with zero attached hydrogens (tertiary/aromatic N) is 1. The molecule has 142 valence electrons. The second kappa shape index (κ2) is 8.13. The molecule has 0 saturated carbocycles. The molecule has 1 saturated heterocycles. The molecule has 1 fully saturated rings. The van der Waals surface area contributed by atoms with E-state index in [4.69, 9.17) is 4.74 Å². The number of ether oxygens (including phenoxy) is 1. The fourth-order valence-corrected chi connectivity index (χ4v) is 4.00. The Hall–Kier alpha value is -2.33. The lowest BCUT2D eigenvalue weighted by Crippen LogP contribution is -2.36. The molecule has 4 heteroatoms. The van der Waals surface area contributed by atoms with Gasteiger partial charge in [0, 0.05) is 31.1 Å². The number of carbonyl (C=O) groups excluding carboxylic acids is 1. The molecule has 27 heavy (non-hydrogen) atoms. The number of benzene rings is 2. The largest absolute Gasteiger partial charge is 0.493 e. The molecule has 2 aliphatic rings. The monoisotopic (exact) mass is 364 g/mol. The maximum absolute atomic E-state index is 12.4. The van der Waals surface area contributed by atoms with E-state index in [-0.39, 0.29) is 5.91 Å². The molecule has 1 unspecified atom stereocenters. The van der Waals surface area contributed by atoms with Crippen molar-refractivity contribution in [2.75, 3.05) is 13.2 Å². The highest BCUT2D eigenvalue weighted by Gasteiger charge is 2.18. The number of likely N-dealkylation sites (tertiary alicyclic amines) is 1. The number of carbonyl (C=O) groups is 1.